The molecule has 0 aliphatic heterocycles. The molecular formula is C12H15FN2O4S. The minimum absolute atomic E-state index is 0.0744. The quantitative estimate of drug-likeness (QED) is 0.681. The van der Waals surface area contributed by atoms with Crippen molar-refractivity contribution in [2.45, 2.75) is 38.1 Å². The van der Waals surface area contributed by atoms with E-state index in [1.807, 2.05) is 13.8 Å². The number of nitrogens with zero attached hydrogens (tertiary/aromatic N) is 1. The summed E-state index contributed by atoms with van der Waals surface area (Å²) >= 11 is 0. The molecule has 1 fully saturated rings. The SMILES string of the molecule is Cc1cc(S(=O)(=O)NC2CC2(C)C)cc([N+](=O)[O-])c1F. The first-order chi connectivity index (χ1) is 9.04. The molecule has 20 heavy (non-hydrogen) atoms. The number of hydrogen-bond donors (Lipinski definition) is 1. The Kier molecular flexibility index (Phi) is 3.34. The number of nitro groups is 1. The minimum Gasteiger partial charge on any atom is -0.258 e. The zero-order valence-corrected chi connectivity index (χ0v) is 12.1. The van der Waals surface area contributed by atoms with Gasteiger partial charge >= 0.3 is 5.69 Å². The summed E-state index contributed by atoms with van der Waals surface area (Å²) in [6, 6.07) is 1.65. The second-order valence-corrected chi connectivity index (χ2v) is 7.41. The van der Waals surface area contributed by atoms with Crippen molar-refractivity contribution in [2.24, 2.45) is 5.41 Å². The number of nitro benzene ring substituents is 1. The van der Waals surface area contributed by atoms with Crippen LogP contribution in [0.3, 0.4) is 0 Å². The predicted molar refractivity (Wildman–Crippen MR) is 70.3 cm³/mol. The van der Waals surface area contributed by atoms with E-state index in [2.05, 4.69) is 4.72 Å². The number of aryl methyl sites for hydroxylation is 1. The molecule has 2 rings (SSSR count). The summed E-state index contributed by atoms with van der Waals surface area (Å²) in [5.41, 5.74) is -1.02. The van der Waals surface area contributed by atoms with Gasteiger partial charge in [-0.2, -0.15) is 4.39 Å². The van der Waals surface area contributed by atoms with E-state index in [0.29, 0.717) is 6.42 Å². The predicted octanol–water partition coefficient (Wildman–Crippen LogP) is 2.12. The molecule has 0 radical (unpaired) electrons. The molecule has 8 heteroatoms. The molecule has 1 saturated carbocycles. The molecule has 0 amide bonds. The first-order valence-electron chi connectivity index (χ1n) is 6.01. The summed E-state index contributed by atoms with van der Waals surface area (Å²) in [5, 5.41) is 10.7. The molecule has 0 heterocycles. The van der Waals surface area contributed by atoms with Crippen LogP contribution >= 0.6 is 0 Å². The fraction of sp³-hybridized carbons (Fsp3) is 0.500. The van der Waals surface area contributed by atoms with Crippen molar-refractivity contribution in [1.82, 2.24) is 4.72 Å². The molecule has 1 aliphatic carbocycles. The fourth-order valence-electron chi connectivity index (χ4n) is 1.93. The maximum absolute atomic E-state index is 13.6. The summed E-state index contributed by atoms with van der Waals surface area (Å²) in [4.78, 5) is 9.53. The number of sulfonamides is 1. The molecule has 1 aromatic rings. The Morgan fingerprint density at radius 3 is 2.45 bits per heavy atom. The zero-order chi connectivity index (χ0) is 15.3. The van der Waals surface area contributed by atoms with Crippen molar-refractivity contribution < 1.29 is 17.7 Å². The van der Waals surface area contributed by atoms with Crippen LogP contribution in [0.1, 0.15) is 25.8 Å². The molecule has 1 aliphatic rings. The molecule has 0 spiro atoms. The van der Waals surface area contributed by atoms with Crippen LogP contribution in [0.2, 0.25) is 0 Å². The Morgan fingerprint density at radius 1 is 1.45 bits per heavy atom. The van der Waals surface area contributed by atoms with Crippen molar-refractivity contribution in [1.29, 1.82) is 0 Å². The number of benzene rings is 1. The highest BCUT2D eigenvalue weighted by atomic mass is 32.2. The second kappa shape index (κ2) is 4.49. The summed E-state index contributed by atoms with van der Waals surface area (Å²) in [7, 11) is -3.88. The van der Waals surface area contributed by atoms with Crippen molar-refractivity contribution in [3.05, 3.63) is 33.6 Å². The number of nitrogens with one attached hydrogen (secondary N) is 1. The van der Waals surface area contributed by atoms with Crippen LogP contribution in [0.25, 0.3) is 0 Å². The summed E-state index contributed by atoms with van der Waals surface area (Å²) in [5.74, 6) is -1.01. The average Bonchev–Trinajstić information content (AvgIpc) is 2.87. The first-order valence-corrected chi connectivity index (χ1v) is 7.50. The summed E-state index contributed by atoms with van der Waals surface area (Å²) < 4.78 is 40.3. The van der Waals surface area contributed by atoms with Crippen molar-refractivity contribution >= 4 is 15.7 Å². The number of halogens is 1. The lowest BCUT2D eigenvalue weighted by Crippen LogP contribution is -2.28. The highest BCUT2D eigenvalue weighted by molar-refractivity contribution is 7.89. The van der Waals surface area contributed by atoms with Crippen LogP contribution in [0.5, 0.6) is 0 Å². The molecule has 110 valence electrons. The van der Waals surface area contributed by atoms with E-state index in [9.17, 15) is 22.9 Å². The van der Waals surface area contributed by atoms with Crippen LogP contribution in [0.15, 0.2) is 17.0 Å². The molecular weight excluding hydrogens is 287 g/mol. The van der Waals surface area contributed by atoms with Gasteiger partial charge in [0.25, 0.3) is 0 Å². The lowest BCUT2D eigenvalue weighted by molar-refractivity contribution is -0.387. The van der Waals surface area contributed by atoms with Gasteiger partial charge in [0.05, 0.1) is 9.82 Å². The third-order valence-electron chi connectivity index (χ3n) is 3.53. The number of hydrogen-bond acceptors (Lipinski definition) is 4. The lowest BCUT2D eigenvalue weighted by atomic mass is 10.2. The molecule has 0 aromatic heterocycles. The molecule has 1 atom stereocenters. The van der Waals surface area contributed by atoms with Crippen molar-refractivity contribution in [3.8, 4) is 0 Å². The molecule has 1 unspecified atom stereocenters. The van der Waals surface area contributed by atoms with E-state index in [1.165, 1.54) is 6.92 Å². The maximum Gasteiger partial charge on any atom is 0.306 e. The third kappa shape index (κ3) is 2.66. The normalized spacial score (nSPS) is 20.7. The monoisotopic (exact) mass is 302 g/mol. The molecule has 0 saturated heterocycles. The average molecular weight is 302 g/mol. The van der Waals surface area contributed by atoms with Gasteiger partial charge in [-0.3, -0.25) is 10.1 Å². The van der Waals surface area contributed by atoms with Crippen LogP contribution < -0.4 is 4.72 Å². The molecule has 1 aromatic carbocycles. The number of rotatable bonds is 4. The zero-order valence-electron chi connectivity index (χ0n) is 11.3. The van der Waals surface area contributed by atoms with Gasteiger partial charge in [-0.25, -0.2) is 13.1 Å². The Balaban J connectivity index is 2.40. The first kappa shape index (κ1) is 14.9. The Morgan fingerprint density at radius 2 is 2.00 bits per heavy atom. The van der Waals surface area contributed by atoms with Crippen LogP contribution in [0.4, 0.5) is 10.1 Å². The summed E-state index contributed by atoms with van der Waals surface area (Å²) in [6.07, 6.45) is 0.703. The second-order valence-electron chi connectivity index (χ2n) is 5.70. The van der Waals surface area contributed by atoms with Gasteiger partial charge < -0.3 is 0 Å². The smallest absolute Gasteiger partial charge is 0.258 e. The Bertz CT molecular complexity index is 685. The van der Waals surface area contributed by atoms with E-state index in [1.54, 1.807) is 0 Å². The fourth-order valence-corrected chi connectivity index (χ4v) is 3.44. The highest BCUT2D eigenvalue weighted by Crippen LogP contribution is 2.45. The van der Waals surface area contributed by atoms with Gasteiger partial charge in [-0.15, -0.1) is 0 Å². The maximum atomic E-state index is 13.6. The van der Waals surface area contributed by atoms with E-state index < -0.39 is 26.5 Å². The third-order valence-corrected chi connectivity index (χ3v) is 4.98. The van der Waals surface area contributed by atoms with E-state index in [0.717, 1.165) is 12.1 Å². The largest absolute Gasteiger partial charge is 0.306 e. The van der Waals surface area contributed by atoms with Crippen molar-refractivity contribution in [3.63, 3.8) is 0 Å². The van der Waals surface area contributed by atoms with Gasteiger partial charge in [0, 0.05) is 12.1 Å². The minimum atomic E-state index is -3.88. The molecule has 1 N–H and O–H groups in total. The van der Waals surface area contributed by atoms with Gasteiger partial charge in [0.2, 0.25) is 15.8 Å². The van der Waals surface area contributed by atoms with Crippen molar-refractivity contribution in [2.75, 3.05) is 0 Å². The highest BCUT2D eigenvalue weighted by Gasteiger charge is 2.48. The van der Waals surface area contributed by atoms with Gasteiger partial charge in [-0.1, -0.05) is 13.8 Å². The Hall–Kier alpha value is -1.54. The molecule has 0 bridgehead atoms. The topological polar surface area (TPSA) is 89.3 Å². The Labute approximate surface area is 116 Å². The van der Waals surface area contributed by atoms with Gasteiger partial charge in [-0.05, 0) is 30.4 Å². The molecule has 6 nitrogen and oxygen atoms in total. The van der Waals surface area contributed by atoms with Crippen LogP contribution in [-0.2, 0) is 10.0 Å². The lowest BCUT2D eigenvalue weighted by Gasteiger charge is -2.09. The van der Waals surface area contributed by atoms with E-state index >= 15 is 0 Å². The van der Waals surface area contributed by atoms with E-state index in [4.69, 9.17) is 0 Å². The van der Waals surface area contributed by atoms with E-state index in [-0.39, 0.29) is 21.9 Å². The van der Waals surface area contributed by atoms with Gasteiger partial charge in [0.15, 0.2) is 0 Å². The standard InChI is InChI=1S/C12H15FN2O4S/c1-7-4-8(5-9(11(7)13)15(16)17)20(18,19)14-10-6-12(10,2)3/h4-5,10,14H,6H2,1-3H3. The van der Waals surface area contributed by atoms with Crippen LogP contribution in [-0.4, -0.2) is 19.4 Å². The van der Waals surface area contributed by atoms with Crippen LogP contribution in [0, 0.1) is 28.3 Å². The summed E-state index contributed by atoms with van der Waals surface area (Å²) in [6.45, 7) is 5.12. The van der Waals surface area contributed by atoms with Gasteiger partial charge in [0.1, 0.15) is 0 Å².